The topological polar surface area (TPSA) is 46.2 Å². The summed E-state index contributed by atoms with van der Waals surface area (Å²) in [5.41, 5.74) is 0.707. The number of carbonyl (C=O) groups excluding carboxylic acids is 2. The van der Waals surface area contributed by atoms with E-state index in [4.69, 9.17) is 0 Å². The normalized spacial score (nSPS) is 29.9. The van der Waals surface area contributed by atoms with Gasteiger partial charge in [-0.05, 0) is 29.4 Å². The molecule has 2 aliphatic rings. The van der Waals surface area contributed by atoms with Crippen molar-refractivity contribution >= 4 is 27.7 Å². The third kappa shape index (κ3) is 2.78. The van der Waals surface area contributed by atoms with Crippen LogP contribution in [0, 0.1) is 11.3 Å². The number of nitrogens with one attached hydrogen (secondary N) is 1. The zero-order valence-corrected chi connectivity index (χ0v) is 13.8. The third-order valence-corrected chi connectivity index (χ3v) is 5.70. The maximum Gasteiger partial charge on any atom is 0.234 e. The second kappa shape index (κ2) is 5.56. The predicted molar refractivity (Wildman–Crippen MR) is 84.7 cm³/mol. The number of benzene rings is 1. The summed E-state index contributed by atoms with van der Waals surface area (Å²) in [6, 6.07) is 7.85. The molecule has 0 radical (unpaired) electrons. The predicted octanol–water partition coefficient (Wildman–Crippen LogP) is 3.78. The van der Waals surface area contributed by atoms with Crippen LogP contribution in [0.2, 0.25) is 0 Å². The molecule has 0 spiro atoms. The van der Waals surface area contributed by atoms with Gasteiger partial charge in [-0.2, -0.15) is 0 Å². The Labute approximate surface area is 133 Å². The standard InChI is InChI=1S/C17H20BrNO2/c1-17(9-11-5-4-6-11)10-14(20)19-16(21)15(17)12-7-2-3-8-13(12)18/h2-3,7-8,11,15H,4-6,9-10H2,1H3,(H,19,20,21). The van der Waals surface area contributed by atoms with Gasteiger partial charge in [-0.25, -0.2) is 0 Å². The summed E-state index contributed by atoms with van der Waals surface area (Å²) in [7, 11) is 0. The second-order valence-electron chi connectivity index (χ2n) is 6.70. The Morgan fingerprint density at radius 1 is 1.29 bits per heavy atom. The molecule has 2 amide bonds. The van der Waals surface area contributed by atoms with Gasteiger partial charge < -0.3 is 0 Å². The molecule has 1 heterocycles. The minimum atomic E-state index is -0.283. The molecule has 3 nitrogen and oxygen atoms in total. The van der Waals surface area contributed by atoms with Crippen molar-refractivity contribution in [1.29, 1.82) is 0 Å². The summed E-state index contributed by atoms with van der Waals surface area (Å²) in [5.74, 6) is 0.121. The zero-order chi connectivity index (χ0) is 15.0. The first-order valence-electron chi connectivity index (χ1n) is 7.58. The molecule has 1 aliphatic heterocycles. The molecule has 21 heavy (non-hydrogen) atoms. The van der Waals surface area contributed by atoms with Crippen molar-refractivity contribution in [1.82, 2.24) is 5.32 Å². The molecule has 3 rings (SSSR count). The molecule has 112 valence electrons. The number of amides is 2. The molecule has 1 saturated carbocycles. The Hall–Kier alpha value is -1.16. The molecule has 1 aromatic rings. The van der Waals surface area contributed by atoms with Crippen molar-refractivity contribution < 1.29 is 9.59 Å². The fourth-order valence-corrected chi connectivity index (χ4v) is 4.33. The van der Waals surface area contributed by atoms with E-state index in [2.05, 4.69) is 28.2 Å². The third-order valence-electron chi connectivity index (χ3n) is 4.98. The van der Waals surface area contributed by atoms with Crippen molar-refractivity contribution in [2.45, 2.75) is 44.9 Å². The van der Waals surface area contributed by atoms with Crippen LogP contribution in [0.1, 0.15) is 50.5 Å². The van der Waals surface area contributed by atoms with E-state index >= 15 is 0 Å². The Morgan fingerprint density at radius 3 is 2.62 bits per heavy atom. The quantitative estimate of drug-likeness (QED) is 0.844. The van der Waals surface area contributed by atoms with Crippen molar-refractivity contribution in [2.24, 2.45) is 11.3 Å². The molecule has 4 heteroatoms. The van der Waals surface area contributed by atoms with Crippen molar-refractivity contribution in [3.63, 3.8) is 0 Å². The molecule has 1 saturated heterocycles. The van der Waals surface area contributed by atoms with Gasteiger partial charge in [0.25, 0.3) is 0 Å². The summed E-state index contributed by atoms with van der Waals surface area (Å²) in [6.07, 6.45) is 5.13. The highest BCUT2D eigenvalue weighted by Gasteiger charge is 2.48. The first kappa shape index (κ1) is 14.8. The monoisotopic (exact) mass is 349 g/mol. The smallest absolute Gasteiger partial charge is 0.234 e. The highest BCUT2D eigenvalue weighted by atomic mass is 79.9. The van der Waals surface area contributed by atoms with E-state index in [1.807, 2.05) is 24.3 Å². The molecule has 0 aromatic heterocycles. The second-order valence-corrected chi connectivity index (χ2v) is 7.55. The first-order valence-corrected chi connectivity index (χ1v) is 8.37. The molecule has 1 aromatic carbocycles. The van der Waals surface area contributed by atoms with Gasteiger partial charge in [0.05, 0.1) is 5.92 Å². The van der Waals surface area contributed by atoms with Gasteiger partial charge in [0.1, 0.15) is 0 Å². The van der Waals surface area contributed by atoms with Crippen LogP contribution in [0.4, 0.5) is 0 Å². The van der Waals surface area contributed by atoms with Gasteiger partial charge in [0.2, 0.25) is 11.8 Å². The highest BCUT2D eigenvalue weighted by Crippen LogP contribution is 2.50. The van der Waals surface area contributed by atoms with Crippen molar-refractivity contribution in [3.8, 4) is 0 Å². The average Bonchev–Trinajstić information content (AvgIpc) is 2.35. The fourth-order valence-electron chi connectivity index (χ4n) is 3.81. The summed E-state index contributed by atoms with van der Waals surface area (Å²) in [4.78, 5) is 24.4. The van der Waals surface area contributed by atoms with Crippen LogP contribution in [0.5, 0.6) is 0 Å². The van der Waals surface area contributed by atoms with Gasteiger partial charge in [-0.1, -0.05) is 60.3 Å². The lowest BCUT2D eigenvalue weighted by Crippen LogP contribution is -2.50. The van der Waals surface area contributed by atoms with Crippen LogP contribution in [0.3, 0.4) is 0 Å². The molecular formula is C17H20BrNO2. The van der Waals surface area contributed by atoms with E-state index in [1.165, 1.54) is 19.3 Å². The van der Waals surface area contributed by atoms with Gasteiger partial charge in [0.15, 0.2) is 0 Å². The van der Waals surface area contributed by atoms with E-state index in [9.17, 15) is 9.59 Å². The Morgan fingerprint density at radius 2 is 2.00 bits per heavy atom. The lowest BCUT2D eigenvalue weighted by Gasteiger charge is -2.44. The minimum absolute atomic E-state index is 0.134. The number of piperidine rings is 1. The van der Waals surface area contributed by atoms with Crippen molar-refractivity contribution in [3.05, 3.63) is 34.3 Å². The Kier molecular flexibility index (Phi) is 3.91. The maximum atomic E-state index is 12.5. The minimum Gasteiger partial charge on any atom is -0.296 e. The maximum absolute atomic E-state index is 12.5. The Bertz CT molecular complexity index is 582. The van der Waals surface area contributed by atoms with E-state index in [1.54, 1.807) is 0 Å². The molecule has 2 fully saturated rings. The summed E-state index contributed by atoms with van der Waals surface area (Å²) in [6.45, 7) is 2.10. The van der Waals surface area contributed by atoms with Crippen LogP contribution < -0.4 is 5.32 Å². The van der Waals surface area contributed by atoms with Gasteiger partial charge >= 0.3 is 0 Å². The van der Waals surface area contributed by atoms with Crippen LogP contribution in [0.15, 0.2) is 28.7 Å². The SMILES string of the molecule is CC1(CC2CCC2)CC(=O)NC(=O)C1c1ccccc1Br. The number of hydrogen-bond acceptors (Lipinski definition) is 2. The largest absolute Gasteiger partial charge is 0.296 e. The van der Waals surface area contributed by atoms with E-state index < -0.39 is 0 Å². The molecule has 1 aliphatic carbocycles. The van der Waals surface area contributed by atoms with Crippen molar-refractivity contribution in [2.75, 3.05) is 0 Å². The molecule has 0 bridgehead atoms. The lowest BCUT2D eigenvalue weighted by atomic mass is 9.62. The zero-order valence-electron chi connectivity index (χ0n) is 12.2. The fraction of sp³-hybridized carbons (Fsp3) is 0.529. The summed E-state index contributed by atoms with van der Waals surface area (Å²) < 4.78 is 0.944. The summed E-state index contributed by atoms with van der Waals surface area (Å²) in [5, 5.41) is 2.52. The van der Waals surface area contributed by atoms with Crippen LogP contribution >= 0.6 is 15.9 Å². The lowest BCUT2D eigenvalue weighted by molar-refractivity contribution is -0.140. The van der Waals surface area contributed by atoms with Gasteiger partial charge in [0, 0.05) is 10.9 Å². The molecule has 2 unspecified atom stereocenters. The van der Waals surface area contributed by atoms with E-state index in [-0.39, 0.29) is 23.1 Å². The van der Waals surface area contributed by atoms with Crippen LogP contribution in [-0.2, 0) is 9.59 Å². The summed E-state index contributed by atoms with van der Waals surface area (Å²) >= 11 is 3.56. The molecule has 2 atom stereocenters. The number of imide groups is 1. The van der Waals surface area contributed by atoms with E-state index in [0.29, 0.717) is 12.3 Å². The average molecular weight is 350 g/mol. The van der Waals surface area contributed by atoms with Crippen LogP contribution in [-0.4, -0.2) is 11.8 Å². The first-order chi connectivity index (χ1) is 9.99. The van der Waals surface area contributed by atoms with Crippen LogP contribution in [0.25, 0.3) is 0 Å². The molecular weight excluding hydrogens is 330 g/mol. The number of rotatable bonds is 3. The molecule has 1 N–H and O–H groups in total. The highest BCUT2D eigenvalue weighted by molar-refractivity contribution is 9.10. The van der Waals surface area contributed by atoms with Gasteiger partial charge in [-0.3, -0.25) is 14.9 Å². The number of halogens is 1. The van der Waals surface area contributed by atoms with E-state index in [0.717, 1.165) is 16.5 Å². The Balaban J connectivity index is 1.98. The number of carbonyl (C=O) groups is 2. The van der Waals surface area contributed by atoms with Gasteiger partial charge in [-0.15, -0.1) is 0 Å². The number of hydrogen-bond donors (Lipinski definition) is 1.